The Kier molecular flexibility index (Phi) is 6.58. The minimum atomic E-state index is 0. The van der Waals surface area contributed by atoms with Crippen LogP contribution in [0.3, 0.4) is 0 Å². The van der Waals surface area contributed by atoms with Gasteiger partial charge >= 0.3 is 0 Å². The van der Waals surface area contributed by atoms with E-state index < -0.39 is 0 Å². The van der Waals surface area contributed by atoms with E-state index in [2.05, 4.69) is 10.6 Å². The number of hydrogen-bond acceptors (Lipinski definition) is 3. The van der Waals surface area contributed by atoms with Gasteiger partial charge in [-0.1, -0.05) is 0 Å². The van der Waals surface area contributed by atoms with E-state index in [-0.39, 0.29) is 36.2 Å². The molecular formula is C13H24ClN3O2. The second-order valence-electron chi connectivity index (χ2n) is 5.42. The first-order valence-corrected chi connectivity index (χ1v) is 6.98. The zero-order valence-corrected chi connectivity index (χ0v) is 12.0. The molecule has 0 aliphatic heterocycles. The molecule has 2 aliphatic carbocycles. The van der Waals surface area contributed by atoms with E-state index in [1.807, 2.05) is 0 Å². The lowest BCUT2D eigenvalue weighted by Crippen LogP contribution is -2.41. The van der Waals surface area contributed by atoms with E-state index in [4.69, 9.17) is 5.73 Å². The van der Waals surface area contributed by atoms with E-state index in [0.717, 1.165) is 12.8 Å². The quantitative estimate of drug-likeness (QED) is 0.571. The van der Waals surface area contributed by atoms with Crippen LogP contribution in [-0.2, 0) is 9.59 Å². The van der Waals surface area contributed by atoms with E-state index in [1.54, 1.807) is 0 Å². The summed E-state index contributed by atoms with van der Waals surface area (Å²) in [6.07, 6.45) is 5.57. The Balaban J connectivity index is 0.00000180. The maximum atomic E-state index is 11.7. The van der Waals surface area contributed by atoms with Gasteiger partial charge < -0.3 is 16.4 Å². The summed E-state index contributed by atoms with van der Waals surface area (Å²) in [5, 5.41) is 5.83. The standard InChI is InChI=1S/C13H23N3O2.ClH/c14-8-11(9-3-4-9)16-12(17)2-1-7-15-13(18)10-5-6-10;/h9-11H,1-8,14H2,(H,15,18)(H,16,17);1H. The Bertz CT molecular complexity index is 317. The molecule has 5 nitrogen and oxygen atoms in total. The molecule has 2 rings (SSSR count). The third kappa shape index (κ3) is 5.78. The number of rotatable bonds is 8. The summed E-state index contributed by atoms with van der Waals surface area (Å²) in [5.74, 6) is 1.04. The fourth-order valence-corrected chi connectivity index (χ4v) is 2.10. The highest BCUT2D eigenvalue weighted by molar-refractivity contribution is 5.85. The fraction of sp³-hybridized carbons (Fsp3) is 0.846. The average molecular weight is 290 g/mol. The van der Waals surface area contributed by atoms with E-state index in [9.17, 15) is 9.59 Å². The predicted octanol–water partition coefficient (Wildman–Crippen LogP) is 0.568. The van der Waals surface area contributed by atoms with Gasteiger partial charge in [0.1, 0.15) is 0 Å². The van der Waals surface area contributed by atoms with Crippen molar-refractivity contribution in [2.75, 3.05) is 13.1 Å². The number of hydrogen-bond donors (Lipinski definition) is 3. The van der Waals surface area contributed by atoms with Crippen LogP contribution in [0, 0.1) is 11.8 Å². The highest BCUT2D eigenvalue weighted by atomic mass is 35.5. The lowest BCUT2D eigenvalue weighted by Gasteiger charge is -2.15. The third-order valence-electron chi connectivity index (χ3n) is 3.62. The zero-order valence-electron chi connectivity index (χ0n) is 11.2. The van der Waals surface area contributed by atoms with Gasteiger partial charge in [0.2, 0.25) is 11.8 Å². The van der Waals surface area contributed by atoms with Crippen molar-refractivity contribution in [3.63, 3.8) is 0 Å². The van der Waals surface area contributed by atoms with Crippen LogP contribution in [0.4, 0.5) is 0 Å². The van der Waals surface area contributed by atoms with Gasteiger partial charge in [-0.15, -0.1) is 12.4 Å². The monoisotopic (exact) mass is 289 g/mol. The van der Waals surface area contributed by atoms with E-state index in [0.29, 0.717) is 31.8 Å². The molecule has 0 radical (unpaired) electrons. The second kappa shape index (κ2) is 7.70. The summed E-state index contributed by atoms with van der Waals surface area (Å²) >= 11 is 0. The molecule has 6 heteroatoms. The lowest BCUT2D eigenvalue weighted by molar-refractivity contribution is -0.124. The minimum Gasteiger partial charge on any atom is -0.356 e. The summed E-state index contributed by atoms with van der Waals surface area (Å²) in [7, 11) is 0. The summed E-state index contributed by atoms with van der Waals surface area (Å²) in [6.45, 7) is 1.12. The highest BCUT2D eigenvalue weighted by Gasteiger charge is 2.31. The van der Waals surface area contributed by atoms with Crippen molar-refractivity contribution in [1.29, 1.82) is 0 Å². The van der Waals surface area contributed by atoms with E-state index >= 15 is 0 Å². The predicted molar refractivity (Wildman–Crippen MR) is 75.9 cm³/mol. The van der Waals surface area contributed by atoms with Crippen molar-refractivity contribution in [3.8, 4) is 0 Å². The smallest absolute Gasteiger partial charge is 0.223 e. The van der Waals surface area contributed by atoms with Gasteiger partial charge in [0.05, 0.1) is 0 Å². The molecule has 0 aromatic heterocycles. The summed E-state index contributed by atoms with van der Waals surface area (Å²) < 4.78 is 0. The van der Waals surface area contributed by atoms with Crippen LogP contribution in [-0.4, -0.2) is 30.9 Å². The molecule has 110 valence electrons. The molecule has 0 aromatic rings. The van der Waals surface area contributed by atoms with Crippen LogP contribution < -0.4 is 16.4 Å². The van der Waals surface area contributed by atoms with Crippen LogP contribution in [0.5, 0.6) is 0 Å². The number of amides is 2. The largest absolute Gasteiger partial charge is 0.356 e. The molecule has 0 aromatic carbocycles. The number of carbonyl (C=O) groups is 2. The SMILES string of the molecule is Cl.NCC(NC(=O)CCCNC(=O)C1CC1)C1CC1. The van der Waals surface area contributed by atoms with Crippen LogP contribution in [0.25, 0.3) is 0 Å². The molecule has 2 amide bonds. The van der Waals surface area contributed by atoms with Gasteiger partial charge in [-0.3, -0.25) is 9.59 Å². The lowest BCUT2D eigenvalue weighted by atomic mass is 10.1. The van der Waals surface area contributed by atoms with Gasteiger partial charge in [0.15, 0.2) is 0 Å². The molecule has 0 heterocycles. The van der Waals surface area contributed by atoms with Crippen molar-refractivity contribution in [2.24, 2.45) is 17.6 Å². The van der Waals surface area contributed by atoms with E-state index in [1.165, 1.54) is 12.8 Å². The Labute approximate surface area is 120 Å². The van der Waals surface area contributed by atoms with Crippen LogP contribution in [0.2, 0.25) is 0 Å². The highest BCUT2D eigenvalue weighted by Crippen LogP contribution is 2.32. The Morgan fingerprint density at radius 2 is 1.89 bits per heavy atom. The molecule has 1 atom stereocenters. The maximum Gasteiger partial charge on any atom is 0.223 e. The average Bonchev–Trinajstić information content (AvgIpc) is 3.20. The zero-order chi connectivity index (χ0) is 13.0. The minimum absolute atomic E-state index is 0. The van der Waals surface area contributed by atoms with Crippen molar-refractivity contribution < 1.29 is 9.59 Å². The fourth-order valence-electron chi connectivity index (χ4n) is 2.10. The first kappa shape index (κ1) is 16.2. The topological polar surface area (TPSA) is 84.2 Å². The maximum absolute atomic E-state index is 11.7. The number of carbonyl (C=O) groups excluding carboxylic acids is 2. The summed E-state index contributed by atoms with van der Waals surface area (Å²) in [6, 6.07) is 0.151. The van der Waals surface area contributed by atoms with Gasteiger partial charge in [0, 0.05) is 31.5 Å². The second-order valence-corrected chi connectivity index (χ2v) is 5.42. The van der Waals surface area contributed by atoms with Crippen LogP contribution in [0.1, 0.15) is 38.5 Å². The van der Waals surface area contributed by atoms with Gasteiger partial charge in [-0.05, 0) is 38.0 Å². The van der Waals surface area contributed by atoms with Gasteiger partial charge in [0.25, 0.3) is 0 Å². The van der Waals surface area contributed by atoms with Crippen molar-refractivity contribution in [2.45, 2.75) is 44.6 Å². The normalized spacial score (nSPS) is 19.2. The van der Waals surface area contributed by atoms with Crippen molar-refractivity contribution in [1.82, 2.24) is 10.6 Å². The molecule has 19 heavy (non-hydrogen) atoms. The number of halogens is 1. The number of nitrogens with one attached hydrogen (secondary N) is 2. The van der Waals surface area contributed by atoms with Gasteiger partial charge in [-0.25, -0.2) is 0 Å². The third-order valence-corrected chi connectivity index (χ3v) is 3.62. The molecule has 4 N–H and O–H groups in total. The Morgan fingerprint density at radius 1 is 1.21 bits per heavy atom. The first-order chi connectivity index (χ1) is 8.70. The van der Waals surface area contributed by atoms with Crippen molar-refractivity contribution >= 4 is 24.2 Å². The number of nitrogens with two attached hydrogens (primary N) is 1. The molecule has 2 saturated carbocycles. The summed E-state index contributed by atoms with van der Waals surface area (Å²) in [4.78, 5) is 23.0. The first-order valence-electron chi connectivity index (χ1n) is 6.98. The molecule has 0 bridgehead atoms. The molecule has 2 aliphatic rings. The van der Waals surface area contributed by atoms with Crippen LogP contribution in [0.15, 0.2) is 0 Å². The Morgan fingerprint density at radius 3 is 2.42 bits per heavy atom. The van der Waals surface area contributed by atoms with Crippen LogP contribution >= 0.6 is 12.4 Å². The van der Waals surface area contributed by atoms with Crippen molar-refractivity contribution in [3.05, 3.63) is 0 Å². The molecular weight excluding hydrogens is 266 g/mol. The summed E-state index contributed by atoms with van der Waals surface area (Å²) in [5.41, 5.74) is 5.63. The van der Waals surface area contributed by atoms with Gasteiger partial charge in [-0.2, -0.15) is 0 Å². The Hall–Kier alpha value is -0.810. The molecule has 1 unspecified atom stereocenters. The molecule has 0 spiro atoms. The molecule has 0 saturated heterocycles. The molecule has 2 fully saturated rings.